The van der Waals surface area contributed by atoms with Crippen LogP contribution in [0.2, 0.25) is 0 Å². The number of carbonyl (C=O) groups is 1. The predicted molar refractivity (Wildman–Crippen MR) is 106 cm³/mol. The smallest absolute Gasteiger partial charge is 0.309 e. The summed E-state index contributed by atoms with van der Waals surface area (Å²) in [6.45, 7) is 0. The van der Waals surface area contributed by atoms with Gasteiger partial charge in [0.2, 0.25) is 0 Å². The van der Waals surface area contributed by atoms with Crippen LogP contribution in [0.5, 0.6) is 0 Å². The molecule has 1 saturated carbocycles. The molecule has 2 unspecified atom stereocenters. The third-order valence-electron chi connectivity index (χ3n) is 5.23. The quantitative estimate of drug-likeness (QED) is 0.481. The Morgan fingerprint density at radius 3 is 2.46 bits per heavy atom. The van der Waals surface area contributed by atoms with Crippen LogP contribution in [0.4, 0.5) is 13.2 Å². The van der Waals surface area contributed by atoms with E-state index in [-0.39, 0.29) is 28.0 Å². The van der Waals surface area contributed by atoms with Gasteiger partial charge in [0.15, 0.2) is 5.78 Å². The average Bonchev–Trinajstić information content (AvgIpc) is 2.95. The van der Waals surface area contributed by atoms with Crippen molar-refractivity contribution in [1.29, 1.82) is 5.41 Å². The Hall–Kier alpha value is -2.47. The molecule has 142 valence electrons. The molecular formula is C22H15BrF3NO. The van der Waals surface area contributed by atoms with Crippen LogP contribution in [-0.2, 0) is 11.0 Å². The van der Waals surface area contributed by atoms with Crippen molar-refractivity contribution in [2.75, 3.05) is 0 Å². The minimum Gasteiger partial charge on any atom is -0.309 e. The molecule has 0 radical (unpaired) electrons. The minimum atomic E-state index is -4.53. The zero-order valence-electron chi connectivity index (χ0n) is 14.6. The number of carbonyl (C=O) groups excluding carboxylic acids is 1. The fourth-order valence-electron chi connectivity index (χ4n) is 3.93. The Bertz CT molecular complexity index is 1100. The monoisotopic (exact) mass is 445 g/mol. The molecular weight excluding hydrogens is 431 g/mol. The van der Waals surface area contributed by atoms with Crippen LogP contribution in [0.25, 0.3) is 10.8 Å². The van der Waals surface area contributed by atoms with Crippen LogP contribution < -0.4 is 0 Å². The standard InChI is InChI=1S/C22H15BrF3NO/c23-18-9-8-13(10-17(18)22(24,25)26)20-19(27)11-16(21(20)28)15-7-3-5-12-4-1-2-6-14(12)15/h1-10,16,20,27H,11H2. The lowest BCUT2D eigenvalue weighted by atomic mass is 9.88. The summed E-state index contributed by atoms with van der Waals surface area (Å²) < 4.78 is 39.7. The van der Waals surface area contributed by atoms with Crippen LogP contribution in [0.1, 0.15) is 34.9 Å². The van der Waals surface area contributed by atoms with Gasteiger partial charge in [-0.1, -0.05) is 64.5 Å². The molecule has 4 rings (SSSR count). The number of hydrogen-bond donors (Lipinski definition) is 1. The minimum absolute atomic E-state index is 0.0775. The molecule has 0 aromatic heterocycles. The zero-order chi connectivity index (χ0) is 20.1. The lowest BCUT2D eigenvalue weighted by Gasteiger charge is -2.16. The number of hydrogen-bond acceptors (Lipinski definition) is 2. The summed E-state index contributed by atoms with van der Waals surface area (Å²) in [5, 5.41) is 10.3. The Labute approximate surface area is 168 Å². The van der Waals surface area contributed by atoms with E-state index in [0.29, 0.717) is 0 Å². The Kier molecular flexibility index (Phi) is 4.62. The number of Topliss-reactive ketones (excluding diaryl/α,β-unsaturated/α-hetero) is 1. The molecule has 0 amide bonds. The molecule has 6 heteroatoms. The van der Waals surface area contributed by atoms with Crippen molar-refractivity contribution in [2.24, 2.45) is 0 Å². The van der Waals surface area contributed by atoms with E-state index in [9.17, 15) is 18.0 Å². The third kappa shape index (κ3) is 3.15. The van der Waals surface area contributed by atoms with Crippen LogP contribution in [0.15, 0.2) is 65.1 Å². The summed E-state index contributed by atoms with van der Waals surface area (Å²) >= 11 is 2.92. The highest BCUT2D eigenvalue weighted by atomic mass is 79.9. The molecule has 0 saturated heterocycles. The maximum atomic E-state index is 13.3. The van der Waals surface area contributed by atoms with Gasteiger partial charge in [-0.3, -0.25) is 4.79 Å². The van der Waals surface area contributed by atoms with E-state index in [1.807, 2.05) is 42.5 Å². The summed E-state index contributed by atoms with van der Waals surface area (Å²) in [4.78, 5) is 13.2. The van der Waals surface area contributed by atoms with Gasteiger partial charge in [-0.25, -0.2) is 0 Å². The summed E-state index contributed by atoms with van der Waals surface area (Å²) in [5.41, 5.74) is 0.356. The van der Waals surface area contributed by atoms with E-state index >= 15 is 0 Å². The second-order valence-corrected chi connectivity index (χ2v) is 7.78. The summed E-state index contributed by atoms with van der Waals surface area (Å²) in [5.74, 6) is -1.70. The highest BCUT2D eigenvalue weighted by Gasteiger charge is 2.42. The number of halogens is 4. The van der Waals surface area contributed by atoms with Gasteiger partial charge in [-0.2, -0.15) is 13.2 Å². The van der Waals surface area contributed by atoms with E-state index in [1.54, 1.807) is 0 Å². The molecule has 1 aliphatic rings. The molecule has 0 spiro atoms. The van der Waals surface area contributed by atoms with Gasteiger partial charge in [0.05, 0.1) is 11.5 Å². The van der Waals surface area contributed by atoms with Gasteiger partial charge in [-0.05, 0) is 40.5 Å². The number of rotatable bonds is 2. The van der Waals surface area contributed by atoms with Crippen molar-refractivity contribution in [1.82, 2.24) is 0 Å². The van der Waals surface area contributed by atoms with Gasteiger partial charge in [0, 0.05) is 16.1 Å². The second-order valence-electron chi connectivity index (χ2n) is 6.92. The number of fused-ring (bicyclic) bond motifs is 1. The maximum Gasteiger partial charge on any atom is 0.417 e. The van der Waals surface area contributed by atoms with Crippen LogP contribution >= 0.6 is 15.9 Å². The zero-order valence-corrected chi connectivity index (χ0v) is 16.1. The first-order chi connectivity index (χ1) is 13.3. The fourth-order valence-corrected chi connectivity index (χ4v) is 4.41. The van der Waals surface area contributed by atoms with Crippen LogP contribution in [0, 0.1) is 5.41 Å². The lowest BCUT2D eigenvalue weighted by Crippen LogP contribution is -2.16. The third-order valence-corrected chi connectivity index (χ3v) is 5.92. The molecule has 28 heavy (non-hydrogen) atoms. The van der Waals surface area contributed by atoms with Crippen LogP contribution in [-0.4, -0.2) is 11.5 Å². The normalized spacial score (nSPS) is 20.1. The fraction of sp³-hybridized carbons (Fsp3) is 0.182. The van der Waals surface area contributed by atoms with Crippen molar-refractivity contribution in [3.05, 3.63) is 81.8 Å². The van der Waals surface area contributed by atoms with E-state index in [2.05, 4.69) is 15.9 Å². The Balaban J connectivity index is 1.76. The van der Waals surface area contributed by atoms with Crippen molar-refractivity contribution in [2.45, 2.75) is 24.4 Å². The molecule has 0 bridgehead atoms. The number of alkyl halides is 3. The molecule has 2 nitrogen and oxygen atoms in total. The maximum absolute atomic E-state index is 13.3. The van der Waals surface area contributed by atoms with Crippen molar-refractivity contribution in [3.8, 4) is 0 Å². The molecule has 1 aliphatic carbocycles. The molecule has 0 aliphatic heterocycles. The van der Waals surface area contributed by atoms with Gasteiger partial charge in [0.25, 0.3) is 0 Å². The van der Waals surface area contributed by atoms with Crippen molar-refractivity contribution < 1.29 is 18.0 Å². The number of ketones is 1. The van der Waals surface area contributed by atoms with E-state index < -0.39 is 23.6 Å². The Morgan fingerprint density at radius 2 is 1.71 bits per heavy atom. The molecule has 1 N–H and O–H groups in total. The number of nitrogens with one attached hydrogen (secondary N) is 1. The SMILES string of the molecule is N=C1CC(c2cccc3ccccc23)C(=O)C1c1ccc(Br)c(C(F)(F)F)c1. The van der Waals surface area contributed by atoms with Crippen LogP contribution in [0.3, 0.4) is 0 Å². The largest absolute Gasteiger partial charge is 0.417 e. The molecule has 3 aromatic rings. The first kappa shape index (κ1) is 18.9. The second kappa shape index (κ2) is 6.85. The highest BCUT2D eigenvalue weighted by molar-refractivity contribution is 9.10. The van der Waals surface area contributed by atoms with Gasteiger partial charge < -0.3 is 5.41 Å². The first-order valence-corrected chi connectivity index (χ1v) is 9.52. The summed E-state index contributed by atoms with van der Waals surface area (Å²) in [6, 6.07) is 17.1. The van der Waals surface area contributed by atoms with Gasteiger partial charge >= 0.3 is 6.18 Å². The van der Waals surface area contributed by atoms with Crippen molar-refractivity contribution in [3.63, 3.8) is 0 Å². The molecule has 2 atom stereocenters. The number of benzene rings is 3. The van der Waals surface area contributed by atoms with E-state index in [4.69, 9.17) is 5.41 Å². The predicted octanol–water partition coefficient (Wildman–Crippen LogP) is 6.48. The Morgan fingerprint density at radius 1 is 1.00 bits per heavy atom. The molecule has 3 aromatic carbocycles. The van der Waals surface area contributed by atoms with E-state index in [0.717, 1.165) is 22.4 Å². The lowest BCUT2D eigenvalue weighted by molar-refractivity contribution is -0.138. The summed E-state index contributed by atoms with van der Waals surface area (Å²) in [6.07, 6.45) is -4.32. The highest BCUT2D eigenvalue weighted by Crippen LogP contribution is 2.43. The topological polar surface area (TPSA) is 40.9 Å². The molecule has 0 heterocycles. The average molecular weight is 446 g/mol. The molecule has 1 fully saturated rings. The van der Waals surface area contributed by atoms with Gasteiger partial charge in [0.1, 0.15) is 0 Å². The van der Waals surface area contributed by atoms with Crippen molar-refractivity contribution >= 4 is 38.2 Å². The summed E-state index contributed by atoms with van der Waals surface area (Å²) in [7, 11) is 0. The first-order valence-electron chi connectivity index (χ1n) is 8.72. The van der Waals surface area contributed by atoms with Gasteiger partial charge in [-0.15, -0.1) is 0 Å². The van der Waals surface area contributed by atoms with E-state index in [1.165, 1.54) is 12.1 Å².